The summed E-state index contributed by atoms with van der Waals surface area (Å²) >= 11 is 0. The van der Waals surface area contributed by atoms with E-state index in [2.05, 4.69) is 4.90 Å². The minimum atomic E-state index is -4.32. The van der Waals surface area contributed by atoms with Gasteiger partial charge in [0.15, 0.2) is 0 Å². The lowest BCUT2D eigenvalue weighted by molar-refractivity contribution is -0.137. The van der Waals surface area contributed by atoms with Crippen LogP contribution in [0.15, 0.2) is 24.3 Å². The molecule has 0 aromatic heterocycles. The van der Waals surface area contributed by atoms with Crippen LogP contribution in [0.2, 0.25) is 0 Å². The zero-order valence-corrected chi connectivity index (χ0v) is 10.7. The summed E-state index contributed by atoms with van der Waals surface area (Å²) in [7, 11) is 1.97. The van der Waals surface area contributed by atoms with Crippen molar-refractivity contribution in [3.05, 3.63) is 35.4 Å². The summed E-state index contributed by atoms with van der Waals surface area (Å²) in [6.07, 6.45) is -4.50. The summed E-state index contributed by atoms with van der Waals surface area (Å²) < 4.78 is 43.0. The SMILES string of the molecule is CN1CCOC(C(N)c2ccc(C(F)(F)F)cc2)C1. The molecule has 19 heavy (non-hydrogen) atoms. The standard InChI is InChI=1S/C13H17F3N2O/c1-18-6-7-19-11(8-18)12(17)9-2-4-10(5-3-9)13(14,15)16/h2-5,11-12H,6-8,17H2,1H3. The largest absolute Gasteiger partial charge is 0.416 e. The molecule has 0 saturated carbocycles. The molecule has 3 nitrogen and oxygen atoms in total. The Balaban J connectivity index is 2.09. The van der Waals surface area contributed by atoms with Crippen LogP contribution in [0.5, 0.6) is 0 Å². The molecule has 0 radical (unpaired) electrons. The van der Waals surface area contributed by atoms with Gasteiger partial charge in [-0.25, -0.2) is 0 Å². The Kier molecular flexibility index (Phi) is 4.13. The molecule has 0 spiro atoms. The number of nitrogens with zero attached hydrogens (tertiary/aromatic N) is 1. The number of ether oxygens (including phenoxy) is 1. The molecule has 1 fully saturated rings. The van der Waals surface area contributed by atoms with Crippen LogP contribution in [0.25, 0.3) is 0 Å². The molecule has 2 atom stereocenters. The Morgan fingerprint density at radius 3 is 2.47 bits per heavy atom. The second-order valence-corrected chi connectivity index (χ2v) is 4.82. The maximum atomic E-state index is 12.5. The van der Waals surface area contributed by atoms with Crippen LogP contribution in [0.1, 0.15) is 17.2 Å². The summed E-state index contributed by atoms with van der Waals surface area (Å²) in [4.78, 5) is 2.10. The number of alkyl halides is 3. The molecule has 6 heteroatoms. The van der Waals surface area contributed by atoms with Crippen LogP contribution in [0.4, 0.5) is 13.2 Å². The summed E-state index contributed by atoms with van der Waals surface area (Å²) in [6, 6.07) is 4.55. The van der Waals surface area contributed by atoms with Crippen molar-refractivity contribution in [3.8, 4) is 0 Å². The van der Waals surface area contributed by atoms with Gasteiger partial charge in [0.2, 0.25) is 0 Å². The molecule has 1 aliphatic heterocycles. The minimum absolute atomic E-state index is 0.185. The van der Waals surface area contributed by atoms with E-state index in [1.54, 1.807) is 0 Å². The Morgan fingerprint density at radius 2 is 1.95 bits per heavy atom. The fraction of sp³-hybridized carbons (Fsp3) is 0.538. The maximum Gasteiger partial charge on any atom is 0.416 e. The predicted molar refractivity (Wildman–Crippen MR) is 65.6 cm³/mol. The van der Waals surface area contributed by atoms with Gasteiger partial charge in [0, 0.05) is 13.1 Å². The lowest BCUT2D eigenvalue weighted by Crippen LogP contribution is -2.45. The smallest absolute Gasteiger partial charge is 0.374 e. The van der Waals surface area contributed by atoms with Gasteiger partial charge >= 0.3 is 6.18 Å². The first kappa shape index (κ1) is 14.3. The van der Waals surface area contributed by atoms with Gasteiger partial charge in [-0.2, -0.15) is 13.2 Å². The number of hydrogen-bond acceptors (Lipinski definition) is 3. The Bertz CT molecular complexity index is 419. The lowest BCUT2D eigenvalue weighted by atomic mass is 9.99. The van der Waals surface area contributed by atoms with Gasteiger partial charge < -0.3 is 15.4 Å². The number of hydrogen-bond donors (Lipinski definition) is 1. The second kappa shape index (κ2) is 5.48. The highest BCUT2D eigenvalue weighted by molar-refractivity contribution is 5.27. The van der Waals surface area contributed by atoms with Crippen molar-refractivity contribution in [2.45, 2.75) is 18.3 Å². The summed E-state index contributed by atoms with van der Waals surface area (Å²) in [6.45, 7) is 2.12. The number of nitrogens with two attached hydrogens (primary N) is 1. The van der Waals surface area contributed by atoms with E-state index in [1.165, 1.54) is 12.1 Å². The number of likely N-dealkylation sites (N-methyl/N-ethyl adjacent to an activating group) is 1. The molecular formula is C13H17F3N2O. The van der Waals surface area contributed by atoms with Crippen molar-refractivity contribution in [1.29, 1.82) is 0 Å². The van der Waals surface area contributed by atoms with E-state index >= 15 is 0 Å². The third-order valence-electron chi connectivity index (χ3n) is 3.32. The Labute approximate surface area is 110 Å². The molecule has 1 heterocycles. The molecule has 1 saturated heterocycles. The quantitative estimate of drug-likeness (QED) is 0.897. The predicted octanol–water partition coefficient (Wildman–Crippen LogP) is 2.04. The van der Waals surface area contributed by atoms with Gasteiger partial charge in [0.1, 0.15) is 0 Å². The molecular weight excluding hydrogens is 257 g/mol. The van der Waals surface area contributed by atoms with Crippen molar-refractivity contribution in [1.82, 2.24) is 4.90 Å². The van der Waals surface area contributed by atoms with Crippen LogP contribution in [-0.2, 0) is 10.9 Å². The van der Waals surface area contributed by atoms with Crippen LogP contribution in [-0.4, -0.2) is 37.7 Å². The van der Waals surface area contributed by atoms with Gasteiger partial charge in [0.25, 0.3) is 0 Å². The molecule has 0 amide bonds. The number of morpholine rings is 1. The highest BCUT2D eigenvalue weighted by atomic mass is 19.4. The molecule has 106 valence electrons. The Morgan fingerprint density at radius 1 is 1.32 bits per heavy atom. The van der Waals surface area contributed by atoms with Crippen LogP contribution < -0.4 is 5.73 Å². The van der Waals surface area contributed by atoms with E-state index in [0.29, 0.717) is 18.7 Å². The van der Waals surface area contributed by atoms with Crippen molar-refractivity contribution >= 4 is 0 Å². The number of rotatable bonds is 2. The number of benzene rings is 1. The minimum Gasteiger partial charge on any atom is -0.374 e. The van der Waals surface area contributed by atoms with Crippen molar-refractivity contribution in [2.24, 2.45) is 5.73 Å². The summed E-state index contributed by atoms with van der Waals surface area (Å²) in [5.74, 6) is 0. The lowest BCUT2D eigenvalue weighted by Gasteiger charge is -2.33. The van der Waals surface area contributed by atoms with E-state index in [1.807, 2.05) is 7.05 Å². The van der Waals surface area contributed by atoms with Crippen molar-refractivity contribution < 1.29 is 17.9 Å². The fourth-order valence-electron chi connectivity index (χ4n) is 2.14. The zero-order valence-electron chi connectivity index (χ0n) is 10.7. The van der Waals surface area contributed by atoms with Gasteiger partial charge in [-0.05, 0) is 24.7 Å². The number of halogens is 3. The van der Waals surface area contributed by atoms with Crippen molar-refractivity contribution in [3.63, 3.8) is 0 Å². The monoisotopic (exact) mass is 274 g/mol. The van der Waals surface area contributed by atoms with Gasteiger partial charge in [-0.15, -0.1) is 0 Å². The van der Waals surface area contributed by atoms with Gasteiger partial charge in [0.05, 0.1) is 24.3 Å². The van der Waals surface area contributed by atoms with Crippen LogP contribution in [0, 0.1) is 0 Å². The molecule has 1 aromatic carbocycles. The van der Waals surface area contributed by atoms with E-state index in [4.69, 9.17) is 10.5 Å². The first-order chi connectivity index (χ1) is 8.88. The first-order valence-corrected chi connectivity index (χ1v) is 6.11. The molecule has 0 aliphatic carbocycles. The average molecular weight is 274 g/mol. The summed E-state index contributed by atoms with van der Waals surface area (Å²) in [5.41, 5.74) is 6.06. The topological polar surface area (TPSA) is 38.5 Å². The average Bonchev–Trinajstić information content (AvgIpc) is 2.37. The molecule has 2 rings (SSSR count). The third kappa shape index (κ3) is 3.46. The summed E-state index contributed by atoms with van der Waals surface area (Å²) in [5, 5.41) is 0. The second-order valence-electron chi connectivity index (χ2n) is 4.82. The van der Waals surface area contributed by atoms with Crippen LogP contribution in [0.3, 0.4) is 0 Å². The molecule has 0 bridgehead atoms. The highest BCUT2D eigenvalue weighted by Gasteiger charge is 2.31. The zero-order chi connectivity index (χ0) is 14.0. The normalized spacial score (nSPS) is 23.3. The van der Waals surface area contributed by atoms with Crippen molar-refractivity contribution in [2.75, 3.05) is 26.7 Å². The molecule has 2 N–H and O–H groups in total. The highest BCUT2D eigenvalue weighted by Crippen LogP contribution is 2.30. The first-order valence-electron chi connectivity index (χ1n) is 6.11. The molecule has 2 unspecified atom stereocenters. The van der Waals surface area contributed by atoms with E-state index in [9.17, 15) is 13.2 Å². The van der Waals surface area contributed by atoms with Gasteiger partial charge in [-0.3, -0.25) is 0 Å². The van der Waals surface area contributed by atoms with E-state index < -0.39 is 17.8 Å². The maximum absolute atomic E-state index is 12.5. The molecule has 1 aromatic rings. The van der Waals surface area contributed by atoms with Crippen LogP contribution >= 0.6 is 0 Å². The van der Waals surface area contributed by atoms with E-state index in [-0.39, 0.29) is 6.10 Å². The molecule has 1 aliphatic rings. The Hall–Kier alpha value is -1.11. The third-order valence-corrected chi connectivity index (χ3v) is 3.32. The fourth-order valence-corrected chi connectivity index (χ4v) is 2.14. The van der Waals surface area contributed by atoms with Gasteiger partial charge in [-0.1, -0.05) is 12.1 Å². The van der Waals surface area contributed by atoms with E-state index in [0.717, 1.165) is 18.7 Å².